The van der Waals surface area contributed by atoms with Crippen LogP contribution in [0.2, 0.25) is 0 Å². The third-order valence-electron chi connectivity index (χ3n) is 3.28. The molecule has 0 saturated carbocycles. The first-order valence-electron chi connectivity index (χ1n) is 6.07. The van der Waals surface area contributed by atoms with Gasteiger partial charge in [0.1, 0.15) is 5.65 Å². The molecule has 2 aromatic heterocycles. The van der Waals surface area contributed by atoms with Crippen molar-refractivity contribution in [2.45, 2.75) is 19.5 Å². The van der Waals surface area contributed by atoms with Crippen LogP contribution < -0.4 is 0 Å². The molecule has 17 heavy (non-hydrogen) atoms. The molecule has 0 amide bonds. The summed E-state index contributed by atoms with van der Waals surface area (Å²) in [6, 6.07) is 6.56. The first-order chi connectivity index (χ1) is 8.33. The molecule has 3 rings (SSSR count). The second-order valence-electron chi connectivity index (χ2n) is 4.59. The summed E-state index contributed by atoms with van der Waals surface area (Å²) in [7, 11) is 0. The number of rotatable bonds is 2. The van der Waals surface area contributed by atoms with E-state index in [-0.39, 0.29) is 0 Å². The highest BCUT2D eigenvalue weighted by Crippen LogP contribution is 2.12. The smallest absolute Gasteiger partial charge is 0.137 e. The lowest BCUT2D eigenvalue weighted by Gasteiger charge is -2.32. The molecule has 0 radical (unpaired) electrons. The first kappa shape index (κ1) is 10.7. The highest BCUT2D eigenvalue weighted by Gasteiger charge is 2.19. The van der Waals surface area contributed by atoms with Crippen molar-refractivity contribution in [2.24, 2.45) is 0 Å². The molecule has 0 N–H and O–H groups in total. The van der Waals surface area contributed by atoms with Crippen molar-refractivity contribution in [3.8, 4) is 0 Å². The zero-order chi connectivity index (χ0) is 11.7. The number of nitrogens with zero attached hydrogens (tertiary/aromatic N) is 3. The molecule has 90 valence electrons. The average molecular weight is 231 g/mol. The monoisotopic (exact) mass is 231 g/mol. The van der Waals surface area contributed by atoms with Crippen LogP contribution in [-0.2, 0) is 11.3 Å². The maximum absolute atomic E-state index is 5.44. The Morgan fingerprint density at radius 1 is 1.47 bits per heavy atom. The number of imidazole rings is 1. The highest BCUT2D eigenvalue weighted by atomic mass is 16.5. The van der Waals surface area contributed by atoms with Gasteiger partial charge in [0.15, 0.2) is 0 Å². The van der Waals surface area contributed by atoms with Crippen LogP contribution in [0.1, 0.15) is 12.6 Å². The number of hydrogen-bond acceptors (Lipinski definition) is 3. The third kappa shape index (κ3) is 2.18. The minimum absolute atomic E-state index is 0.480. The molecular weight excluding hydrogens is 214 g/mol. The highest BCUT2D eigenvalue weighted by molar-refractivity contribution is 5.39. The summed E-state index contributed by atoms with van der Waals surface area (Å²) in [6.45, 7) is 5.77. The Hall–Kier alpha value is -1.39. The number of hydrogen-bond donors (Lipinski definition) is 0. The zero-order valence-corrected chi connectivity index (χ0v) is 10.0. The molecule has 1 atom stereocenters. The maximum Gasteiger partial charge on any atom is 0.137 e. The van der Waals surface area contributed by atoms with E-state index in [1.54, 1.807) is 0 Å². The van der Waals surface area contributed by atoms with E-state index in [0.29, 0.717) is 6.04 Å². The molecule has 1 aliphatic heterocycles. The SMILES string of the molecule is C[C@@H]1COCCN1Cc1cn2ccccc2n1. The lowest BCUT2D eigenvalue weighted by Crippen LogP contribution is -2.42. The van der Waals surface area contributed by atoms with Crippen LogP contribution >= 0.6 is 0 Å². The quantitative estimate of drug-likeness (QED) is 0.785. The van der Waals surface area contributed by atoms with Crippen LogP contribution in [-0.4, -0.2) is 40.1 Å². The fourth-order valence-electron chi connectivity index (χ4n) is 2.27. The maximum atomic E-state index is 5.44. The molecule has 0 bridgehead atoms. The van der Waals surface area contributed by atoms with E-state index >= 15 is 0 Å². The number of aromatic nitrogens is 2. The van der Waals surface area contributed by atoms with Crippen LogP contribution in [0.15, 0.2) is 30.6 Å². The van der Waals surface area contributed by atoms with Gasteiger partial charge in [-0.2, -0.15) is 0 Å². The summed E-state index contributed by atoms with van der Waals surface area (Å²) >= 11 is 0. The number of pyridine rings is 1. The summed E-state index contributed by atoms with van der Waals surface area (Å²) in [5, 5.41) is 0. The van der Waals surface area contributed by atoms with Gasteiger partial charge in [-0.1, -0.05) is 6.07 Å². The van der Waals surface area contributed by atoms with Gasteiger partial charge in [0.2, 0.25) is 0 Å². The van der Waals surface area contributed by atoms with Crippen molar-refractivity contribution in [1.82, 2.24) is 14.3 Å². The van der Waals surface area contributed by atoms with Crippen molar-refractivity contribution < 1.29 is 4.74 Å². The molecule has 0 aliphatic carbocycles. The summed E-state index contributed by atoms with van der Waals surface area (Å²) in [4.78, 5) is 7.04. The molecule has 0 unspecified atom stereocenters. The van der Waals surface area contributed by atoms with Crippen LogP contribution in [0.3, 0.4) is 0 Å². The van der Waals surface area contributed by atoms with Gasteiger partial charge in [-0.05, 0) is 19.1 Å². The van der Waals surface area contributed by atoms with Gasteiger partial charge in [-0.25, -0.2) is 4.98 Å². The summed E-state index contributed by atoms with van der Waals surface area (Å²) in [6.07, 6.45) is 4.14. The van der Waals surface area contributed by atoms with Crippen molar-refractivity contribution in [3.63, 3.8) is 0 Å². The van der Waals surface area contributed by atoms with Crippen LogP contribution in [0.4, 0.5) is 0 Å². The summed E-state index contributed by atoms with van der Waals surface area (Å²) < 4.78 is 7.51. The summed E-state index contributed by atoms with van der Waals surface area (Å²) in [5.74, 6) is 0. The van der Waals surface area contributed by atoms with Gasteiger partial charge in [0, 0.05) is 31.5 Å². The molecule has 1 saturated heterocycles. The number of ether oxygens (including phenoxy) is 1. The van der Waals surface area contributed by atoms with E-state index in [1.807, 2.05) is 24.4 Å². The predicted molar refractivity (Wildman–Crippen MR) is 65.9 cm³/mol. The molecule has 4 nitrogen and oxygen atoms in total. The average Bonchev–Trinajstić information content (AvgIpc) is 2.74. The van der Waals surface area contributed by atoms with E-state index in [1.165, 1.54) is 0 Å². The Morgan fingerprint density at radius 3 is 3.24 bits per heavy atom. The van der Waals surface area contributed by atoms with Gasteiger partial charge < -0.3 is 9.14 Å². The van der Waals surface area contributed by atoms with Gasteiger partial charge in [0.05, 0.1) is 18.9 Å². The van der Waals surface area contributed by atoms with Crippen LogP contribution in [0, 0.1) is 0 Å². The fourth-order valence-corrected chi connectivity index (χ4v) is 2.27. The van der Waals surface area contributed by atoms with Crippen LogP contribution in [0.25, 0.3) is 5.65 Å². The molecular formula is C13H17N3O. The van der Waals surface area contributed by atoms with Crippen molar-refractivity contribution in [1.29, 1.82) is 0 Å². The van der Waals surface area contributed by atoms with Gasteiger partial charge >= 0.3 is 0 Å². The van der Waals surface area contributed by atoms with Gasteiger partial charge in [0.25, 0.3) is 0 Å². The summed E-state index contributed by atoms with van der Waals surface area (Å²) in [5.41, 5.74) is 2.15. The van der Waals surface area contributed by atoms with Gasteiger partial charge in [-0.15, -0.1) is 0 Å². The van der Waals surface area contributed by atoms with E-state index in [9.17, 15) is 0 Å². The minimum atomic E-state index is 0.480. The normalized spacial score (nSPS) is 22.1. The number of fused-ring (bicyclic) bond motifs is 1. The first-order valence-corrected chi connectivity index (χ1v) is 6.07. The molecule has 4 heteroatoms. The molecule has 0 aromatic carbocycles. The Morgan fingerprint density at radius 2 is 2.41 bits per heavy atom. The molecule has 1 aliphatic rings. The van der Waals surface area contributed by atoms with Crippen molar-refractivity contribution in [3.05, 3.63) is 36.3 Å². The molecule has 3 heterocycles. The third-order valence-corrected chi connectivity index (χ3v) is 3.28. The second-order valence-corrected chi connectivity index (χ2v) is 4.59. The molecule has 0 spiro atoms. The Balaban J connectivity index is 1.79. The largest absolute Gasteiger partial charge is 0.379 e. The van der Waals surface area contributed by atoms with E-state index < -0.39 is 0 Å². The van der Waals surface area contributed by atoms with Crippen LogP contribution in [0.5, 0.6) is 0 Å². The fraction of sp³-hybridized carbons (Fsp3) is 0.462. The predicted octanol–water partition coefficient (Wildman–Crippen LogP) is 1.55. The Bertz CT molecular complexity index is 475. The lowest BCUT2D eigenvalue weighted by molar-refractivity contribution is -0.00484. The lowest BCUT2D eigenvalue weighted by atomic mass is 10.2. The molecule has 1 fully saturated rings. The molecule has 2 aromatic rings. The second kappa shape index (κ2) is 4.47. The Kier molecular flexibility index (Phi) is 2.82. The van der Waals surface area contributed by atoms with E-state index in [2.05, 4.69) is 27.4 Å². The minimum Gasteiger partial charge on any atom is -0.379 e. The Labute approximate surface area is 101 Å². The van der Waals surface area contributed by atoms with Crippen molar-refractivity contribution >= 4 is 5.65 Å². The topological polar surface area (TPSA) is 29.8 Å². The van der Waals surface area contributed by atoms with E-state index in [4.69, 9.17) is 4.74 Å². The van der Waals surface area contributed by atoms with Gasteiger partial charge in [-0.3, -0.25) is 4.90 Å². The standard InChI is InChI=1S/C13H17N3O/c1-11-10-17-7-6-15(11)8-12-9-16-5-3-2-4-13(16)14-12/h2-5,9,11H,6-8,10H2,1H3/t11-/m1/s1. The van der Waals surface area contributed by atoms with Crippen molar-refractivity contribution in [2.75, 3.05) is 19.8 Å². The number of morpholine rings is 1. The zero-order valence-electron chi connectivity index (χ0n) is 10.0. The van der Waals surface area contributed by atoms with E-state index in [0.717, 1.165) is 37.6 Å².